The highest BCUT2D eigenvalue weighted by atomic mass is 79.9. The van der Waals surface area contributed by atoms with Gasteiger partial charge in [-0.3, -0.25) is 4.79 Å². The molecule has 0 bridgehead atoms. The second-order valence-corrected chi connectivity index (χ2v) is 7.33. The zero-order valence-corrected chi connectivity index (χ0v) is 16.7. The molecule has 1 aromatic heterocycles. The van der Waals surface area contributed by atoms with Gasteiger partial charge in [-0.1, -0.05) is 46.3 Å². The number of hydrogen-bond donors (Lipinski definition) is 1. The van der Waals surface area contributed by atoms with Crippen molar-refractivity contribution in [2.75, 3.05) is 0 Å². The first-order chi connectivity index (χ1) is 12.5. The highest BCUT2D eigenvalue weighted by molar-refractivity contribution is 9.10. The van der Waals surface area contributed by atoms with Crippen LogP contribution in [0.15, 0.2) is 59.1 Å². The Bertz CT molecular complexity index is 901. The summed E-state index contributed by atoms with van der Waals surface area (Å²) in [5.41, 5.74) is 4.95. The third kappa shape index (κ3) is 4.05. The molecule has 0 radical (unpaired) electrons. The van der Waals surface area contributed by atoms with Crippen LogP contribution in [0.5, 0.6) is 0 Å². The van der Waals surface area contributed by atoms with Crippen LogP contribution in [0.3, 0.4) is 0 Å². The van der Waals surface area contributed by atoms with E-state index in [2.05, 4.69) is 26.3 Å². The zero-order chi connectivity index (χ0) is 18.7. The number of rotatable bonds is 5. The minimum absolute atomic E-state index is 0.000713. The van der Waals surface area contributed by atoms with Crippen LogP contribution >= 0.6 is 15.9 Å². The van der Waals surface area contributed by atoms with E-state index in [4.69, 9.17) is 0 Å². The predicted octanol–water partition coefficient (Wildman–Crippen LogP) is 4.67. The first-order valence-corrected chi connectivity index (χ1v) is 9.40. The lowest BCUT2D eigenvalue weighted by atomic mass is 10.1. The Balaban J connectivity index is 1.73. The van der Waals surface area contributed by atoms with Crippen molar-refractivity contribution in [3.8, 4) is 5.69 Å². The van der Waals surface area contributed by atoms with Crippen molar-refractivity contribution in [1.82, 2.24) is 15.1 Å². The third-order valence-electron chi connectivity index (χ3n) is 4.53. The second kappa shape index (κ2) is 7.87. The fourth-order valence-electron chi connectivity index (χ4n) is 3.04. The Morgan fingerprint density at radius 2 is 1.77 bits per heavy atom. The molecule has 3 aromatic rings. The summed E-state index contributed by atoms with van der Waals surface area (Å²) in [6.45, 7) is 5.95. The average Bonchev–Trinajstić information content (AvgIpc) is 2.91. The topological polar surface area (TPSA) is 46.9 Å². The summed E-state index contributed by atoms with van der Waals surface area (Å²) >= 11 is 3.43. The molecular formula is C21H22BrN3O. The van der Waals surface area contributed by atoms with Crippen LogP contribution in [0.4, 0.5) is 0 Å². The molecule has 5 heteroatoms. The zero-order valence-electron chi connectivity index (χ0n) is 15.2. The molecule has 0 aliphatic heterocycles. The number of halogens is 1. The quantitative estimate of drug-likeness (QED) is 0.662. The number of amides is 1. The SMILES string of the molecule is Cc1nn(-c2ccccc2)c(C)c1CC(=O)N[C@@H](C)c1ccc(Br)cc1. The van der Waals surface area contributed by atoms with Crippen molar-refractivity contribution in [2.45, 2.75) is 33.2 Å². The van der Waals surface area contributed by atoms with Gasteiger partial charge >= 0.3 is 0 Å². The van der Waals surface area contributed by atoms with Gasteiger partial charge in [-0.05, 0) is 50.6 Å². The molecule has 1 atom stereocenters. The van der Waals surface area contributed by atoms with E-state index >= 15 is 0 Å². The van der Waals surface area contributed by atoms with E-state index < -0.39 is 0 Å². The smallest absolute Gasteiger partial charge is 0.225 e. The van der Waals surface area contributed by atoms with Gasteiger partial charge in [0.2, 0.25) is 5.91 Å². The molecule has 0 saturated heterocycles. The molecule has 3 rings (SSSR count). The summed E-state index contributed by atoms with van der Waals surface area (Å²) in [7, 11) is 0. The highest BCUT2D eigenvalue weighted by Crippen LogP contribution is 2.20. The van der Waals surface area contributed by atoms with Crippen LogP contribution in [0.1, 0.15) is 35.5 Å². The van der Waals surface area contributed by atoms with Gasteiger partial charge in [-0.25, -0.2) is 4.68 Å². The number of carbonyl (C=O) groups excluding carboxylic acids is 1. The maximum absolute atomic E-state index is 12.6. The molecule has 1 amide bonds. The number of aryl methyl sites for hydroxylation is 1. The van der Waals surface area contributed by atoms with Crippen LogP contribution in [0, 0.1) is 13.8 Å². The number of aromatic nitrogens is 2. The van der Waals surface area contributed by atoms with Gasteiger partial charge in [0.1, 0.15) is 0 Å². The molecule has 0 spiro atoms. The lowest BCUT2D eigenvalue weighted by Crippen LogP contribution is -2.28. The Hall–Kier alpha value is -2.40. The van der Waals surface area contributed by atoms with E-state index in [-0.39, 0.29) is 11.9 Å². The average molecular weight is 412 g/mol. The normalized spacial score (nSPS) is 12.0. The van der Waals surface area contributed by atoms with Gasteiger partial charge in [0.25, 0.3) is 0 Å². The number of benzene rings is 2. The minimum Gasteiger partial charge on any atom is -0.349 e. The Morgan fingerprint density at radius 1 is 1.12 bits per heavy atom. The van der Waals surface area contributed by atoms with E-state index in [0.29, 0.717) is 6.42 Å². The van der Waals surface area contributed by atoms with Crippen LogP contribution in [-0.2, 0) is 11.2 Å². The molecule has 134 valence electrons. The van der Waals surface area contributed by atoms with Crippen molar-refractivity contribution in [2.24, 2.45) is 0 Å². The number of nitrogens with zero attached hydrogens (tertiary/aromatic N) is 2. The molecule has 0 aliphatic rings. The van der Waals surface area contributed by atoms with Crippen molar-refractivity contribution in [3.05, 3.63) is 81.6 Å². The van der Waals surface area contributed by atoms with E-state index in [9.17, 15) is 4.79 Å². The summed E-state index contributed by atoms with van der Waals surface area (Å²) in [5.74, 6) is -0.000713. The van der Waals surface area contributed by atoms with E-state index in [0.717, 1.165) is 32.7 Å². The van der Waals surface area contributed by atoms with E-state index in [1.807, 2.05) is 80.1 Å². The monoisotopic (exact) mass is 411 g/mol. The van der Waals surface area contributed by atoms with Gasteiger partial charge in [0, 0.05) is 15.7 Å². The molecule has 2 aromatic carbocycles. The summed E-state index contributed by atoms with van der Waals surface area (Å²) in [4.78, 5) is 12.6. The molecule has 1 N–H and O–H groups in total. The predicted molar refractivity (Wildman–Crippen MR) is 107 cm³/mol. The molecule has 0 fully saturated rings. The molecule has 1 heterocycles. The lowest BCUT2D eigenvalue weighted by Gasteiger charge is -2.14. The highest BCUT2D eigenvalue weighted by Gasteiger charge is 2.17. The summed E-state index contributed by atoms with van der Waals surface area (Å²) in [6.07, 6.45) is 0.325. The van der Waals surface area contributed by atoms with Crippen molar-refractivity contribution in [1.29, 1.82) is 0 Å². The molecule has 0 aliphatic carbocycles. The number of carbonyl (C=O) groups is 1. The van der Waals surface area contributed by atoms with Crippen LogP contribution in [0.25, 0.3) is 5.69 Å². The van der Waals surface area contributed by atoms with Gasteiger partial charge in [-0.2, -0.15) is 5.10 Å². The second-order valence-electron chi connectivity index (χ2n) is 6.41. The largest absolute Gasteiger partial charge is 0.349 e. The third-order valence-corrected chi connectivity index (χ3v) is 5.06. The van der Waals surface area contributed by atoms with Gasteiger partial charge in [0.05, 0.1) is 23.8 Å². The maximum atomic E-state index is 12.6. The fourth-order valence-corrected chi connectivity index (χ4v) is 3.30. The number of hydrogen-bond acceptors (Lipinski definition) is 2. The summed E-state index contributed by atoms with van der Waals surface area (Å²) in [5, 5.41) is 7.69. The summed E-state index contributed by atoms with van der Waals surface area (Å²) < 4.78 is 2.93. The summed E-state index contributed by atoms with van der Waals surface area (Å²) in [6, 6.07) is 17.9. The lowest BCUT2D eigenvalue weighted by molar-refractivity contribution is -0.121. The molecule has 0 saturated carbocycles. The number of para-hydroxylation sites is 1. The Labute approximate surface area is 162 Å². The van der Waals surface area contributed by atoms with Gasteiger partial charge < -0.3 is 5.32 Å². The molecule has 0 unspecified atom stereocenters. The van der Waals surface area contributed by atoms with E-state index in [1.165, 1.54) is 0 Å². The van der Waals surface area contributed by atoms with Gasteiger partial charge in [-0.15, -0.1) is 0 Å². The number of nitrogens with one attached hydrogen (secondary N) is 1. The fraction of sp³-hybridized carbons (Fsp3) is 0.238. The Kier molecular flexibility index (Phi) is 5.57. The first-order valence-electron chi connectivity index (χ1n) is 8.61. The van der Waals surface area contributed by atoms with Crippen LogP contribution in [-0.4, -0.2) is 15.7 Å². The Morgan fingerprint density at radius 3 is 2.42 bits per heavy atom. The standard InChI is InChI=1S/C21H22BrN3O/c1-14(17-9-11-18(22)12-10-17)23-21(26)13-20-15(2)24-25(16(20)3)19-7-5-4-6-8-19/h4-12,14H,13H2,1-3H3,(H,23,26)/t14-/m0/s1. The first kappa shape index (κ1) is 18.4. The maximum Gasteiger partial charge on any atom is 0.225 e. The van der Waals surface area contributed by atoms with Crippen molar-refractivity contribution in [3.63, 3.8) is 0 Å². The van der Waals surface area contributed by atoms with E-state index in [1.54, 1.807) is 0 Å². The minimum atomic E-state index is -0.0413. The molecular weight excluding hydrogens is 390 g/mol. The van der Waals surface area contributed by atoms with Crippen LogP contribution < -0.4 is 5.32 Å². The van der Waals surface area contributed by atoms with Crippen LogP contribution in [0.2, 0.25) is 0 Å². The van der Waals surface area contributed by atoms with Gasteiger partial charge in [0.15, 0.2) is 0 Å². The molecule has 26 heavy (non-hydrogen) atoms. The molecule has 4 nitrogen and oxygen atoms in total. The van der Waals surface area contributed by atoms with Crippen molar-refractivity contribution >= 4 is 21.8 Å². The van der Waals surface area contributed by atoms with Crippen molar-refractivity contribution < 1.29 is 4.79 Å².